The van der Waals surface area contributed by atoms with Crippen LogP contribution in [0, 0.1) is 11.3 Å². The van der Waals surface area contributed by atoms with E-state index in [-0.39, 0.29) is 0 Å². The molecule has 3 aromatic carbocycles. The fraction of sp³-hybridized carbons (Fsp3) is 0.111. The zero-order valence-corrected chi connectivity index (χ0v) is 21.2. The van der Waals surface area contributed by atoms with Gasteiger partial charge in [0.15, 0.2) is 0 Å². The zero-order chi connectivity index (χ0) is 23.9. The van der Waals surface area contributed by atoms with Crippen LogP contribution in [0.3, 0.4) is 0 Å². The molecule has 1 unspecified atom stereocenters. The molecule has 4 rings (SSSR count). The van der Waals surface area contributed by atoms with E-state index in [0.717, 1.165) is 32.5 Å². The van der Waals surface area contributed by atoms with Crippen LogP contribution in [-0.2, 0) is 0 Å². The molecule has 0 aliphatic heterocycles. The van der Waals surface area contributed by atoms with Gasteiger partial charge in [-0.15, -0.1) is 11.8 Å². The van der Waals surface area contributed by atoms with Crippen molar-refractivity contribution in [3.05, 3.63) is 100.0 Å². The topological polar surface area (TPSA) is 68.9 Å². The number of nitriles is 1. The number of hydrogen-bond acceptors (Lipinski definition) is 5. The summed E-state index contributed by atoms with van der Waals surface area (Å²) in [6.07, 6.45) is -0.634. The molecule has 170 valence electrons. The van der Waals surface area contributed by atoms with Crippen LogP contribution in [0.25, 0.3) is 22.4 Å². The summed E-state index contributed by atoms with van der Waals surface area (Å²) in [6.45, 7) is 0.370. The quantitative estimate of drug-likeness (QED) is 0.226. The Kier molecular flexibility index (Phi) is 8.25. The molecular formula is C27H21BrClN3OS. The van der Waals surface area contributed by atoms with Crippen LogP contribution in [-0.4, -0.2) is 28.5 Å². The summed E-state index contributed by atoms with van der Waals surface area (Å²) in [5, 5.41) is 25.0. The molecule has 0 fully saturated rings. The second-order valence-corrected chi connectivity index (χ2v) is 9.93. The van der Waals surface area contributed by atoms with Crippen molar-refractivity contribution in [2.75, 3.05) is 17.6 Å². The Labute approximate surface area is 216 Å². The van der Waals surface area contributed by atoms with Crippen molar-refractivity contribution in [2.45, 2.75) is 11.1 Å². The molecule has 1 atom stereocenters. The first-order chi connectivity index (χ1) is 16.5. The minimum absolute atomic E-state index is 0.370. The third-order valence-corrected chi connectivity index (χ3v) is 7.02. The molecular weight excluding hydrogens is 530 g/mol. The summed E-state index contributed by atoms with van der Waals surface area (Å²) in [6, 6.07) is 29.4. The Morgan fingerprint density at radius 1 is 1.00 bits per heavy atom. The van der Waals surface area contributed by atoms with Crippen molar-refractivity contribution in [1.82, 2.24) is 4.98 Å². The number of nitrogens with zero attached hydrogens (tertiary/aromatic N) is 2. The van der Waals surface area contributed by atoms with E-state index in [9.17, 15) is 10.4 Å². The van der Waals surface area contributed by atoms with Crippen LogP contribution >= 0.6 is 39.3 Å². The zero-order valence-electron chi connectivity index (χ0n) is 18.1. The molecule has 0 amide bonds. The van der Waals surface area contributed by atoms with Crippen molar-refractivity contribution < 1.29 is 5.11 Å². The predicted molar refractivity (Wildman–Crippen MR) is 144 cm³/mol. The van der Waals surface area contributed by atoms with Gasteiger partial charge in [0.1, 0.15) is 11.1 Å². The van der Waals surface area contributed by atoms with Gasteiger partial charge in [-0.3, -0.25) is 0 Å². The van der Waals surface area contributed by atoms with E-state index in [1.54, 1.807) is 12.1 Å². The summed E-state index contributed by atoms with van der Waals surface area (Å²) >= 11 is 10.8. The number of anilines is 1. The second kappa shape index (κ2) is 11.5. The monoisotopic (exact) mass is 549 g/mol. The fourth-order valence-corrected chi connectivity index (χ4v) is 4.71. The smallest absolute Gasteiger partial charge is 0.115 e. The van der Waals surface area contributed by atoms with E-state index < -0.39 is 6.10 Å². The average molecular weight is 551 g/mol. The first-order valence-corrected chi connectivity index (χ1v) is 12.8. The Balaban J connectivity index is 1.59. The normalized spacial score (nSPS) is 11.6. The van der Waals surface area contributed by atoms with Gasteiger partial charge >= 0.3 is 0 Å². The Hall–Kier alpha value is -2.82. The molecule has 0 spiro atoms. The Morgan fingerprint density at radius 2 is 1.71 bits per heavy atom. The molecule has 0 saturated heterocycles. The number of pyridine rings is 1. The largest absolute Gasteiger partial charge is 0.390 e. The summed E-state index contributed by atoms with van der Waals surface area (Å²) in [5.74, 6) is 0.389. The SMILES string of the molecule is N#Cc1c(-c2ccccc2)cc(-c2ccc(Br)cc2)nc1SCC(O)CNc1ccc(Cl)cc1. The van der Waals surface area contributed by atoms with Gasteiger partial charge in [-0.1, -0.05) is 70.0 Å². The van der Waals surface area contributed by atoms with Crippen LogP contribution < -0.4 is 5.32 Å². The van der Waals surface area contributed by atoms with Gasteiger partial charge < -0.3 is 10.4 Å². The van der Waals surface area contributed by atoms with Gasteiger partial charge in [-0.05, 0) is 48.0 Å². The lowest BCUT2D eigenvalue weighted by Crippen LogP contribution is -2.22. The van der Waals surface area contributed by atoms with Gasteiger partial charge in [0.2, 0.25) is 0 Å². The number of aliphatic hydroxyl groups is 1. The molecule has 0 saturated carbocycles. The highest BCUT2D eigenvalue weighted by atomic mass is 79.9. The molecule has 2 N–H and O–H groups in total. The highest BCUT2D eigenvalue weighted by Crippen LogP contribution is 2.34. The Morgan fingerprint density at radius 3 is 2.38 bits per heavy atom. The summed E-state index contributed by atoms with van der Waals surface area (Å²) in [7, 11) is 0. The summed E-state index contributed by atoms with van der Waals surface area (Å²) in [4.78, 5) is 4.81. The molecule has 4 aromatic rings. The molecule has 0 aliphatic carbocycles. The van der Waals surface area contributed by atoms with Crippen LogP contribution in [0.2, 0.25) is 5.02 Å². The third-order valence-electron chi connectivity index (χ3n) is 5.12. The number of hydrogen-bond donors (Lipinski definition) is 2. The van der Waals surface area contributed by atoms with Crippen molar-refractivity contribution >= 4 is 45.0 Å². The van der Waals surface area contributed by atoms with Crippen molar-refractivity contribution in [1.29, 1.82) is 5.26 Å². The number of rotatable bonds is 8. The lowest BCUT2D eigenvalue weighted by atomic mass is 9.99. The Bertz CT molecular complexity index is 1290. The molecule has 7 heteroatoms. The van der Waals surface area contributed by atoms with E-state index in [4.69, 9.17) is 16.6 Å². The van der Waals surface area contributed by atoms with Crippen molar-refractivity contribution in [2.24, 2.45) is 0 Å². The predicted octanol–water partition coefficient (Wildman–Crippen LogP) is 7.27. The van der Waals surface area contributed by atoms with Crippen molar-refractivity contribution in [3.63, 3.8) is 0 Å². The van der Waals surface area contributed by atoms with Crippen molar-refractivity contribution in [3.8, 4) is 28.5 Å². The number of thioether (sulfide) groups is 1. The van der Waals surface area contributed by atoms with E-state index in [1.807, 2.05) is 72.8 Å². The van der Waals surface area contributed by atoms with Gasteiger partial charge in [-0.25, -0.2) is 4.98 Å². The second-order valence-electron chi connectivity index (χ2n) is 7.57. The van der Waals surface area contributed by atoms with E-state index >= 15 is 0 Å². The van der Waals surface area contributed by atoms with E-state index in [2.05, 4.69) is 27.3 Å². The van der Waals surface area contributed by atoms with Crippen LogP contribution in [0.5, 0.6) is 0 Å². The third kappa shape index (κ3) is 6.19. The molecule has 0 radical (unpaired) electrons. The standard InChI is InChI=1S/C27H21BrClN3OS/c28-20-8-6-19(7-9-20)26-14-24(18-4-2-1-3-5-18)25(15-30)27(32-26)34-17-23(33)16-31-22-12-10-21(29)11-13-22/h1-14,23,31,33H,16-17H2. The maximum Gasteiger partial charge on any atom is 0.115 e. The number of aromatic nitrogens is 1. The lowest BCUT2D eigenvalue weighted by molar-refractivity contribution is 0.213. The van der Waals surface area contributed by atoms with Gasteiger partial charge in [0.05, 0.1) is 17.4 Å². The van der Waals surface area contributed by atoms with Crippen LogP contribution in [0.4, 0.5) is 5.69 Å². The summed E-state index contributed by atoms with van der Waals surface area (Å²) in [5.41, 5.74) is 4.90. The number of aliphatic hydroxyl groups excluding tert-OH is 1. The van der Waals surface area contributed by atoms with Gasteiger partial charge in [0, 0.05) is 38.6 Å². The lowest BCUT2D eigenvalue weighted by Gasteiger charge is -2.15. The molecule has 0 aliphatic rings. The maximum atomic E-state index is 10.6. The minimum atomic E-state index is -0.634. The number of halogens is 2. The van der Waals surface area contributed by atoms with E-state index in [1.165, 1.54) is 11.8 Å². The van der Waals surface area contributed by atoms with Gasteiger partial charge in [0.25, 0.3) is 0 Å². The van der Waals surface area contributed by atoms with Crippen LogP contribution in [0.15, 0.2) is 94.4 Å². The fourth-order valence-electron chi connectivity index (χ4n) is 3.39. The first kappa shape index (κ1) is 24.3. The van der Waals surface area contributed by atoms with Crippen LogP contribution in [0.1, 0.15) is 5.56 Å². The molecule has 1 heterocycles. The highest BCUT2D eigenvalue weighted by molar-refractivity contribution is 9.10. The average Bonchev–Trinajstić information content (AvgIpc) is 2.87. The molecule has 1 aromatic heterocycles. The molecule has 0 bridgehead atoms. The minimum Gasteiger partial charge on any atom is -0.390 e. The van der Waals surface area contributed by atoms with Gasteiger partial charge in [-0.2, -0.15) is 5.26 Å². The summed E-state index contributed by atoms with van der Waals surface area (Å²) < 4.78 is 0.985. The highest BCUT2D eigenvalue weighted by Gasteiger charge is 2.17. The first-order valence-electron chi connectivity index (χ1n) is 10.6. The molecule has 34 heavy (non-hydrogen) atoms. The number of benzene rings is 3. The number of nitrogens with one attached hydrogen (secondary N) is 1. The maximum absolute atomic E-state index is 10.6. The van der Waals surface area contributed by atoms with E-state index in [0.29, 0.717) is 27.9 Å². The molecule has 4 nitrogen and oxygen atoms in total.